The Hall–Kier alpha value is -3.17. The molecule has 10 heteroatoms. The van der Waals surface area contributed by atoms with Crippen molar-refractivity contribution in [2.75, 3.05) is 33.2 Å². The number of hydrogen-bond acceptors (Lipinski definition) is 5. The monoisotopic (exact) mass is 518 g/mol. The number of nitrogens with one attached hydrogen (secondary N) is 3. The van der Waals surface area contributed by atoms with Crippen LogP contribution in [0.2, 0.25) is 5.02 Å². The maximum atomic E-state index is 13.3. The molecule has 0 spiro atoms. The van der Waals surface area contributed by atoms with Gasteiger partial charge in [0.15, 0.2) is 0 Å². The first-order valence-electron chi connectivity index (χ1n) is 11.9. The van der Waals surface area contributed by atoms with Gasteiger partial charge in [0.05, 0.1) is 13.1 Å². The SMILES string of the molecule is C[C@@H]1CNCC(=O)N(C)CC(=O)N[C@H](Cc2ccc(F)cc2)C(=O)NCCCc2ccc(Cl)cc2O1. The summed E-state index contributed by atoms with van der Waals surface area (Å²) in [5.74, 6) is -0.816. The van der Waals surface area contributed by atoms with Crippen molar-refractivity contribution in [3.63, 3.8) is 0 Å². The zero-order chi connectivity index (χ0) is 26.1. The largest absolute Gasteiger partial charge is 0.489 e. The summed E-state index contributed by atoms with van der Waals surface area (Å²) in [6, 6.07) is 10.3. The van der Waals surface area contributed by atoms with E-state index in [2.05, 4.69) is 16.0 Å². The molecule has 0 saturated carbocycles. The van der Waals surface area contributed by atoms with Gasteiger partial charge in [0.2, 0.25) is 17.7 Å². The van der Waals surface area contributed by atoms with Gasteiger partial charge in [-0.05, 0) is 55.2 Å². The summed E-state index contributed by atoms with van der Waals surface area (Å²) < 4.78 is 19.4. The predicted octanol–water partition coefficient (Wildman–Crippen LogP) is 2.08. The lowest BCUT2D eigenvalue weighted by atomic mass is 10.0. The molecule has 0 aromatic heterocycles. The molecule has 2 aromatic rings. The van der Waals surface area contributed by atoms with Crippen LogP contribution in [0, 0.1) is 5.82 Å². The maximum Gasteiger partial charge on any atom is 0.242 e. The van der Waals surface area contributed by atoms with Gasteiger partial charge in [-0.15, -0.1) is 0 Å². The number of benzene rings is 2. The van der Waals surface area contributed by atoms with Crippen molar-refractivity contribution in [2.24, 2.45) is 0 Å². The van der Waals surface area contributed by atoms with Crippen LogP contribution in [0.4, 0.5) is 4.39 Å². The number of nitrogens with zero attached hydrogens (tertiary/aromatic N) is 1. The Balaban J connectivity index is 1.76. The van der Waals surface area contributed by atoms with Gasteiger partial charge < -0.3 is 25.6 Å². The van der Waals surface area contributed by atoms with Gasteiger partial charge in [0.25, 0.3) is 0 Å². The van der Waals surface area contributed by atoms with Crippen molar-refractivity contribution in [3.8, 4) is 5.75 Å². The third kappa shape index (κ3) is 8.49. The molecule has 3 N–H and O–H groups in total. The van der Waals surface area contributed by atoms with Gasteiger partial charge in [-0.25, -0.2) is 4.39 Å². The predicted molar refractivity (Wildman–Crippen MR) is 135 cm³/mol. The van der Waals surface area contributed by atoms with E-state index >= 15 is 0 Å². The summed E-state index contributed by atoms with van der Waals surface area (Å²) in [5.41, 5.74) is 1.65. The fourth-order valence-corrected chi connectivity index (χ4v) is 4.01. The van der Waals surface area contributed by atoms with Crippen LogP contribution in [-0.4, -0.2) is 68.0 Å². The van der Waals surface area contributed by atoms with Gasteiger partial charge in [0.1, 0.15) is 23.7 Å². The molecule has 0 unspecified atom stereocenters. The number of aryl methyl sites for hydroxylation is 1. The summed E-state index contributed by atoms with van der Waals surface area (Å²) in [6.07, 6.45) is 1.24. The van der Waals surface area contributed by atoms with Crippen LogP contribution in [0.1, 0.15) is 24.5 Å². The van der Waals surface area contributed by atoms with E-state index < -0.39 is 11.9 Å². The van der Waals surface area contributed by atoms with Crippen molar-refractivity contribution in [2.45, 2.75) is 38.3 Å². The van der Waals surface area contributed by atoms with Crippen LogP contribution >= 0.6 is 11.6 Å². The highest BCUT2D eigenvalue weighted by atomic mass is 35.5. The maximum absolute atomic E-state index is 13.3. The van der Waals surface area contributed by atoms with Crippen molar-refractivity contribution >= 4 is 29.3 Å². The first-order valence-corrected chi connectivity index (χ1v) is 12.3. The van der Waals surface area contributed by atoms with E-state index in [9.17, 15) is 18.8 Å². The first-order chi connectivity index (χ1) is 17.2. The molecule has 1 aliphatic heterocycles. The number of amides is 3. The molecular weight excluding hydrogens is 487 g/mol. The van der Waals surface area contributed by atoms with Crippen LogP contribution in [0.5, 0.6) is 5.75 Å². The van der Waals surface area contributed by atoms with Gasteiger partial charge in [-0.1, -0.05) is 29.8 Å². The van der Waals surface area contributed by atoms with E-state index in [4.69, 9.17) is 16.3 Å². The van der Waals surface area contributed by atoms with Gasteiger partial charge in [-0.3, -0.25) is 14.4 Å². The number of ether oxygens (including phenoxy) is 1. The minimum atomic E-state index is -0.876. The number of hydrogen-bond donors (Lipinski definition) is 3. The van der Waals surface area contributed by atoms with Gasteiger partial charge in [-0.2, -0.15) is 0 Å². The fourth-order valence-electron chi connectivity index (χ4n) is 3.84. The normalized spacial score (nSPS) is 20.9. The zero-order valence-electron chi connectivity index (χ0n) is 20.5. The lowest BCUT2D eigenvalue weighted by Crippen LogP contribution is -2.51. The number of fused-ring (bicyclic) bond motifs is 1. The first kappa shape index (κ1) is 27.4. The molecule has 194 valence electrons. The standard InChI is InChI=1S/C26H32ClFN4O4/c1-17-14-29-15-25(34)32(2)16-24(33)31-22(12-18-5-9-21(28)10-6-18)26(35)30-11-3-4-19-7-8-20(27)13-23(19)36-17/h5-10,13,17,22,29H,3-4,11-12,14-16H2,1-2H3,(H,30,35)(H,31,33)/t17-,22-/m1/s1. The van der Waals surface area contributed by atoms with E-state index in [-0.39, 0.29) is 43.2 Å². The molecule has 1 heterocycles. The summed E-state index contributed by atoms with van der Waals surface area (Å²) in [6.45, 7) is 2.52. The highest BCUT2D eigenvalue weighted by molar-refractivity contribution is 6.30. The fraction of sp³-hybridized carbons (Fsp3) is 0.423. The molecule has 2 aromatic carbocycles. The van der Waals surface area contributed by atoms with Crippen LogP contribution in [0.25, 0.3) is 0 Å². The highest BCUT2D eigenvalue weighted by Gasteiger charge is 2.23. The number of halogens is 2. The molecule has 3 rings (SSSR count). The molecule has 0 aliphatic carbocycles. The number of carbonyl (C=O) groups excluding carboxylic acids is 3. The third-order valence-corrected chi connectivity index (χ3v) is 6.03. The average Bonchev–Trinajstić information content (AvgIpc) is 2.83. The zero-order valence-corrected chi connectivity index (χ0v) is 21.2. The Kier molecular flexibility index (Phi) is 10.1. The topological polar surface area (TPSA) is 99.8 Å². The van der Waals surface area contributed by atoms with E-state index in [1.54, 1.807) is 24.3 Å². The molecule has 36 heavy (non-hydrogen) atoms. The summed E-state index contributed by atoms with van der Waals surface area (Å²) >= 11 is 6.17. The number of rotatable bonds is 2. The van der Waals surface area contributed by atoms with Crippen molar-refractivity contribution in [1.82, 2.24) is 20.9 Å². The molecule has 1 aliphatic rings. The van der Waals surface area contributed by atoms with Crippen molar-refractivity contribution in [1.29, 1.82) is 0 Å². The van der Waals surface area contributed by atoms with Gasteiger partial charge in [0, 0.05) is 31.6 Å². The van der Waals surface area contributed by atoms with E-state index in [0.29, 0.717) is 42.3 Å². The Morgan fingerprint density at radius 3 is 2.64 bits per heavy atom. The lowest BCUT2D eigenvalue weighted by Gasteiger charge is -2.23. The minimum Gasteiger partial charge on any atom is -0.489 e. The highest BCUT2D eigenvalue weighted by Crippen LogP contribution is 2.25. The molecule has 8 nitrogen and oxygen atoms in total. The lowest BCUT2D eigenvalue weighted by molar-refractivity contribution is -0.135. The minimum absolute atomic E-state index is 0.0272. The second-order valence-corrected chi connectivity index (χ2v) is 9.34. The molecule has 0 saturated heterocycles. The second kappa shape index (κ2) is 13.2. The Morgan fingerprint density at radius 2 is 1.89 bits per heavy atom. The molecule has 0 bridgehead atoms. The molecule has 0 radical (unpaired) electrons. The average molecular weight is 519 g/mol. The summed E-state index contributed by atoms with van der Waals surface area (Å²) in [4.78, 5) is 39.4. The molecule has 2 atom stereocenters. The summed E-state index contributed by atoms with van der Waals surface area (Å²) in [5, 5.41) is 9.21. The molecule has 3 amide bonds. The number of likely N-dealkylation sites (N-methyl/N-ethyl adjacent to an activating group) is 1. The van der Waals surface area contributed by atoms with Crippen LogP contribution in [-0.2, 0) is 27.2 Å². The van der Waals surface area contributed by atoms with E-state index in [1.165, 1.54) is 24.1 Å². The van der Waals surface area contributed by atoms with Crippen LogP contribution in [0.15, 0.2) is 42.5 Å². The Labute approximate surface area is 215 Å². The van der Waals surface area contributed by atoms with E-state index in [0.717, 1.165) is 5.56 Å². The molecular formula is C26H32ClFN4O4. The van der Waals surface area contributed by atoms with Crippen LogP contribution < -0.4 is 20.7 Å². The Bertz CT molecular complexity index is 1070. The van der Waals surface area contributed by atoms with E-state index in [1.807, 2.05) is 13.0 Å². The second-order valence-electron chi connectivity index (χ2n) is 8.91. The van der Waals surface area contributed by atoms with Crippen LogP contribution in [0.3, 0.4) is 0 Å². The Morgan fingerprint density at radius 1 is 1.14 bits per heavy atom. The molecule has 0 fully saturated rings. The smallest absolute Gasteiger partial charge is 0.242 e. The van der Waals surface area contributed by atoms with Gasteiger partial charge >= 0.3 is 0 Å². The quantitative estimate of drug-likeness (QED) is 0.565. The number of carbonyl (C=O) groups is 3. The third-order valence-electron chi connectivity index (χ3n) is 5.80. The summed E-state index contributed by atoms with van der Waals surface area (Å²) in [7, 11) is 1.52. The van der Waals surface area contributed by atoms with Crippen molar-refractivity contribution in [3.05, 3.63) is 64.4 Å². The van der Waals surface area contributed by atoms with Crippen molar-refractivity contribution < 1.29 is 23.5 Å².